The average Bonchev–Trinajstić information content (AvgIpc) is 2.42. The summed E-state index contributed by atoms with van der Waals surface area (Å²) in [5.41, 5.74) is 1.25. The molecule has 11 heteroatoms. The maximum Gasteiger partial charge on any atom is 0.170 e. The van der Waals surface area contributed by atoms with Crippen molar-refractivity contribution >= 4 is 55.1 Å². The average molecular weight is 583 g/mol. The van der Waals surface area contributed by atoms with Gasteiger partial charge in [-0.05, 0) is 112 Å². The molecule has 0 aromatic heterocycles. The minimum absolute atomic E-state index is 0.170. The van der Waals surface area contributed by atoms with Crippen LogP contribution in [0.5, 0.6) is 0 Å². The summed E-state index contributed by atoms with van der Waals surface area (Å²) in [6.07, 6.45) is 0.988. The predicted molar refractivity (Wildman–Crippen MR) is 166 cm³/mol. The molecule has 0 saturated heterocycles. The van der Waals surface area contributed by atoms with Gasteiger partial charge in [0.05, 0.1) is 12.3 Å². The van der Waals surface area contributed by atoms with E-state index >= 15 is 0 Å². The molecule has 0 aliphatic heterocycles. The zero-order valence-corrected chi connectivity index (χ0v) is 32.3. The number of ether oxygens (including phenoxy) is 1. The van der Waals surface area contributed by atoms with E-state index in [2.05, 4.69) is 119 Å². The lowest BCUT2D eigenvalue weighted by atomic mass is 10.4. The fraction of sp³-hybridized carbons (Fsp3) is 0.909. The van der Waals surface area contributed by atoms with E-state index in [0.717, 1.165) is 12.0 Å². The van der Waals surface area contributed by atoms with Crippen LogP contribution in [0.3, 0.4) is 0 Å². The Morgan fingerprint density at radius 3 is 1.06 bits per heavy atom. The van der Waals surface area contributed by atoms with Crippen molar-refractivity contribution < 1.29 is 17.1 Å². The molecular weight excluding hydrogens is 525 g/mol. The lowest BCUT2D eigenvalue weighted by Crippen LogP contribution is -2.93. The van der Waals surface area contributed by atoms with Gasteiger partial charge in [-0.25, -0.2) is 0 Å². The van der Waals surface area contributed by atoms with E-state index < -0.39 is 55.1 Å². The first-order chi connectivity index (χ1) is 14.2. The molecule has 0 fully saturated rings. The Kier molecular flexibility index (Phi) is 11.6. The van der Waals surface area contributed by atoms with Gasteiger partial charge >= 0.3 is 0 Å². The monoisotopic (exact) mass is 582 g/mol. The number of rotatable bonds is 14. The van der Waals surface area contributed by atoms with Gasteiger partial charge in [0.15, 0.2) is 55.1 Å². The van der Waals surface area contributed by atoms with Crippen LogP contribution in [0, 0.1) is 0 Å². The van der Waals surface area contributed by atoms with Crippen molar-refractivity contribution in [2.45, 2.75) is 124 Å². The Morgan fingerprint density at radius 2 is 0.879 bits per heavy atom. The van der Waals surface area contributed by atoms with E-state index in [4.69, 9.17) is 17.1 Å². The third kappa shape index (κ3) is 9.16. The molecule has 1 atom stereocenters. The minimum Gasteiger partial charge on any atom is -0.458 e. The van der Waals surface area contributed by atoms with Crippen molar-refractivity contribution in [1.29, 1.82) is 0 Å². The fourth-order valence-corrected chi connectivity index (χ4v) is 117. The first kappa shape index (κ1) is 34.1. The molecule has 0 heterocycles. The Morgan fingerprint density at radius 1 is 0.606 bits per heavy atom. The van der Waals surface area contributed by atoms with Gasteiger partial charge in [0.1, 0.15) is 0 Å². The van der Waals surface area contributed by atoms with E-state index in [-0.39, 0.29) is 5.73 Å². The highest BCUT2D eigenvalue weighted by Crippen LogP contribution is 2.45. The summed E-state index contributed by atoms with van der Waals surface area (Å²) in [6.45, 7) is 42.9. The summed E-state index contributed by atoms with van der Waals surface area (Å²) in [5.74, 6) is 0. The molecule has 0 bridgehead atoms. The third-order valence-corrected chi connectivity index (χ3v) is 81.9. The highest BCUT2D eigenvalue weighted by Gasteiger charge is 2.75. The minimum atomic E-state index is -2.41. The Labute approximate surface area is 214 Å². The Balaban J connectivity index is 7.54. The molecule has 4 nitrogen and oxygen atoms in total. The molecule has 1 unspecified atom stereocenters. The summed E-state index contributed by atoms with van der Waals surface area (Å²) in [4.78, 5) is 0. The molecule has 0 aliphatic rings. The SMILES string of the molecule is C=C(C)COC(CC)[Si]([Si](C)(C)O[Si](C)(C)C)([Si](C)(C)O[Si](C)(C)C)[Si](C)(C)O[Si](C)(C)C. The molecule has 0 amide bonds. The topological polar surface area (TPSA) is 36.9 Å². The van der Waals surface area contributed by atoms with Crippen LogP contribution in [0.2, 0.25) is 98.2 Å². The van der Waals surface area contributed by atoms with E-state index in [1.165, 1.54) is 0 Å². The molecule has 198 valence electrons. The highest BCUT2D eigenvalue weighted by molar-refractivity contribution is 7.88. The van der Waals surface area contributed by atoms with Gasteiger partial charge in [0, 0.05) is 0 Å². The van der Waals surface area contributed by atoms with Crippen LogP contribution in [0.25, 0.3) is 0 Å². The zero-order valence-electron chi connectivity index (χ0n) is 25.3. The highest BCUT2D eigenvalue weighted by atomic mass is 29.9. The second-order valence-electron chi connectivity index (χ2n) is 14.1. The predicted octanol–water partition coefficient (Wildman–Crippen LogP) is 7.75. The van der Waals surface area contributed by atoms with Crippen LogP contribution >= 0.6 is 0 Å². The van der Waals surface area contributed by atoms with E-state index in [1.807, 2.05) is 0 Å². The first-order valence-electron chi connectivity index (χ1n) is 12.6. The van der Waals surface area contributed by atoms with Crippen LogP contribution in [-0.2, 0) is 17.1 Å². The van der Waals surface area contributed by atoms with Gasteiger partial charge in [0.25, 0.3) is 0 Å². The summed E-state index contributed by atoms with van der Waals surface area (Å²) < 4.78 is 29.0. The molecule has 0 radical (unpaired) electrons. The normalized spacial score (nSPS) is 16.2. The smallest absolute Gasteiger partial charge is 0.170 e. The van der Waals surface area contributed by atoms with Crippen molar-refractivity contribution in [3.63, 3.8) is 0 Å². The van der Waals surface area contributed by atoms with Gasteiger partial charge in [0.2, 0.25) is 0 Å². The van der Waals surface area contributed by atoms with E-state index in [9.17, 15) is 0 Å². The van der Waals surface area contributed by atoms with Crippen molar-refractivity contribution in [1.82, 2.24) is 0 Å². The molecule has 0 aliphatic carbocycles. The quantitative estimate of drug-likeness (QED) is 0.155. The summed E-state index contributed by atoms with van der Waals surface area (Å²) >= 11 is 0. The lowest BCUT2D eigenvalue weighted by molar-refractivity contribution is 0.119. The third-order valence-electron chi connectivity index (χ3n) is 5.92. The zero-order chi connectivity index (χ0) is 26.9. The summed E-state index contributed by atoms with van der Waals surface area (Å²) in [6, 6.07) is 0. The molecule has 0 aromatic rings. The number of hydrogen-bond acceptors (Lipinski definition) is 4. The van der Waals surface area contributed by atoms with Crippen LogP contribution in [0.15, 0.2) is 12.2 Å². The second kappa shape index (κ2) is 11.2. The van der Waals surface area contributed by atoms with E-state index in [0.29, 0.717) is 6.61 Å². The molecular formula is C22H58O4Si7. The van der Waals surface area contributed by atoms with Crippen molar-refractivity contribution in [2.24, 2.45) is 0 Å². The molecule has 33 heavy (non-hydrogen) atoms. The Hall–Kier alpha value is 1.10. The van der Waals surface area contributed by atoms with Gasteiger partial charge in [-0.3, -0.25) is 0 Å². The molecule has 0 aromatic carbocycles. The summed E-state index contributed by atoms with van der Waals surface area (Å²) in [7, 11) is -12.2. The van der Waals surface area contributed by atoms with Crippen LogP contribution in [0.4, 0.5) is 0 Å². The van der Waals surface area contributed by atoms with Crippen molar-refractivity contribution in [2.75, 3.05) is 6.61 Å². The maximum atomic E-state index is 7.36. The Bertz CT molecular complexity index is 590. The largest absolute Gasteiger partial charge is 0.458 e. The number of hydrogen-bond donors (Lipinski definition) is 0. The van der Waals surface area contributed by atoms with Gasteiger partial charge < -0.3 is 17.1 Å². The van der Waals surface area contributed by atoms with Gasteiger partial charge in [-0.1, -0.05) is 19.1 Å². The van der Waals surface area contributed by atoms with Gasteiger partial charge in [-0.2, -0.15) is 0 Å². The molecule has 0 N–H and O–H groups in total. The molecule has 0 spiro atoms. The lowest BCUT2D eigenvalue weighted by Gasteiger charge is -2.62. The maximum absolute atomic E-state index is 7.36. The van der Waals surface area contributed by atoms with Crippen molar-refractivity contribution in [3.05, 3.63) is 12.2 Å². The fourth-order valence-electron chi connectivity index (χ4n) is 6.67. The standard InChI is InChI=1S/C22H58O4Si7/c1-19-22(23-20-21(2)3)33(30(13,14)24-27(4,5)6,31(15,16)25-28(7,8)9)32(17,18)26-29(10,11)12/h22H,2,19-20H2,1,3-18H3. The van der Waals surface area contributed by atoms with Crippen molar-refractivity contribution in [3.8, 4) is 0 Å². The second-order valence-corrected chi connectivity index (χ2v) is 63.0. The van der Waals surface area contributed by atoms with Crippen LogP contribution in [0.1, 0.15) is 20.3 Å². The summed E-state index contributed by atoms with van der Waals surface area (Å²) in [5, 5.41) is 0. The van der Waals surface area contributed by atoms with Crippen LogP contribution < -0.4 is 0 Å². The van der Waals surface area contributed by atoms with Crippen LogP contribution in [-0.4, -0.2) is 67.4 Å². The van der Waals surface area contributed by atoms with Gasteiger partial charge in [-0.15, -0.1) is 0 Å². The molecule has 0 rings (SSSR count). The molecule has 0 saturated carbocycles. The van der Waals surface area contributed by atoms with E-state index in [1.54, 1.807) is 0 Å². The first-order valence-corrected chi connectivity index (χ1v) is 36.6.